The predicted octanol–water partition coefficient (Wildman–Crippen LogP) is 1.28. The Morgan fingerprint density at radius 2 is 2.23 bits per heavy atom. The second kappa shape index (κ2) is 3.50. The van der Waals surface area contributed by atoms with Crippen molar-refractivity contribution in [2.24, 2.45) is 0 Å². The first-order valence-corrected chi connectivity index (χ1v) is 5.11. The van der Waals surface area contributed by atoms with Crippen LogP contribution in [0.2, 0.25) is 0 Å². The Bertz CT molecular complexity index is 290. The molecule has 0 aliphatic carbocycles. The van der Waals surface area contributed by atoms with Gasteiger partial charge in [0.1, 0.15) is 0 Å². The minimum Gasteiger partial charge on any atom is -0.299 e. The van der Waals surface area contributed by atoms with Crippen LogP contribution in [-0.2, 0) is 19.5 Å². The van der Waals surface area contributed by atoms with Crippen LogP contribution in [0, 0.1) is 0 Å². The van der Waals surface area contributed by atoms with Gasteiger partial charge in [-0.25, -0.2) is 0 Å². The molecular weight excluding hydrogens is 162 g/mol. The van der Waals surface area contributed by atoms with Crippen LogP contribution in [-0.4, -0.2) is 27.8 Å². The zero-order chi connectivity index (χ0) is 9.26. The van der Waals surface area contributed by atoms with E-state index in [4.69, 9.17) is 0 Å². The lowest BCUT2D eigenvalue weighted by Crippen LogP contribution is -2.30. The fraction of sp³-hybridized carbons (Fsp3) is 0.700. The highest BCUT2D eigenvalue weighted by Gasteiger charge is 2.18. The SMILES string of the molecule is CCN1CCc2c(cnn2CC)C1. The number of rotatable bonds is 2. The summed E-state index contributed by atoms with van der Waals surface area (Å²) in [5.74, 6) is 0. The summed E-state index contributed by atoms with van der Waals surface area (Å²) in [5, 5.41) is 4.38. The molecule has 0 aromatic carbocycles. The summed E-state index contributed by atoms with van der Waals surface area (Å²) in [6, 6.07) is 0. The summed E-state index contributed by atoms with van der Waals surface area (Å²) in [7, 11) is 0. The maximum absolute atomic E-state index is 4.38. The molecule has 13 heavy (non-hydrogen) atoms. The molecule has 1 aromatic rings. The monoisotopic (exact) mass is 179 g/mol. The van der Waals surface area contributed by atoms with Crippen molar-refractivity contribution >= 4 is 0 Å². The van der Waals surface area contributed by atoms with Gasteiger partial charge in [-0.3, -0.25) is 9.58 Å². The van der Waals surface area contributed by atoms with E-state index in [1.807, 2.05) is 6.20 Å². The van der Waals surface area contributed by atoms with E-state index in [0.29, 0.717) is 0 Å². The third-order valence-electron chi connectivity index (χ3n) is 2.84. The van der Waals surface area contributed by atoms with Crippen LogP contribution < -0.4 is 0 Å². The van der Waals surface area contributed by atoms with Gasteiger partial charge < -0.3 is 0 Å². The van der Waals surface area contributed by atoms with E-state index in [1.165, 1.54) is 17.8 Å². The van der Waals surface area contributed by atoms with Crippen molar-refractivity contribution in [1.29, 1.82) is 0 Å². The lowest BCUT2D eigenvalue weighted by Gasteiger charge is -2.25. The van der Waals surface area contributed by atoms with Crippen LogP contribution in [0.5, 0.6) is 0 Å². The van der Waals surface area contributed by atoms with Gasteiger partial charge in [0.25, 0.3) is 0 Å². The van der Waals surface area contributed by atoms with Crippen molar-refractivity contribution in [3.63, 3.8) is 0 Å². The topological polar surface area (TPSA) is 21.1 Å². The van der Waals surface area contributed by atoms with Gasteiger partial charge in [0.05, 0.1) is 6.20 Å². The number of hydrogen-bond acceptors (Lipinski definition) is 2. The van der Waals surface area contributed by atoms with E-state index in [0.717, 1.165) is 26.1 Å². The van der Waals surface area contributed by atoms with Gasteiger partial charge in [0.2, 0.25) is 0 Å². The van der Waals surface area contributed by atoms with Crippen molar-refractivity contribution in [2.75, 3.05) is 13.1 Å². The first kappa shape index (κ1) is 8.75. The number of hydrogen-bond donors (Lipinski definition) is 0. The fourth-order valence-corrected chi connectivity index (χ4v) is 2.00. The molecule has 0 amide bonds. The Hall–Kier alpha value is -0.830. The molecule has 0 saturated carbocycles. The van der Waals surface area contributed by atoms with E-state index in [1.54, 1.807) is 0 Å². The summed E-state index contributed by atoms with van der Waals surface area (Å²) >= 11 is 0. The molecule has 0 saturated heterocycles. The molecule has 0 atom stereocenters. The summed E-state index contributed by atoms with van der Waals surface area (Å²) in [5.41, 5.74) is 2.88. The Morgan fingerprint density at radius 1 is 1.38 bits per heavy atom. The van der Waals surface area contributed by atoms with Gasteiger partial charge in [-0.2, -0.15) is 5.10 Å². The van der Waals surface area contributed by atoms with E-state index >= 15 is 0 Å². The van der Waals surface area contributed by atoms with E-state index < -0.39 is 0 Å². The molecule has 0 fully saturated rings. The molecule has 2 heterocycles. The molecule has 2 rings (SSSR count). The number of likely N-dealkylation sites (N-methyl/N-ethyl adjacent to an activating group) is 1. The lowest BCUT2D eigenvalue weighted by molar-refractivity contribution is 0.264. The Morgan fingerprint density at radius 3 is 2.92 bits per heavy atom. The zero-order valence-corrected chi connectivity index (χ0v) is 8.45. The van der Waals surface area contributed by atoms with Crippen molar-refractivity contribution in [3.8, 4) is 0 Å². The average Bonchev–Trinajstić information content (AvgIpc) is 2.59. The molecule has 72 valence electrons. The van der Waals surface area contributed by atoms with E-state index in [9.17, 15) is 0 Å². The number of aryl methyl sites for hydroxylation is 1. The third kappa shape index (κ3) is 1.48. The Labute approximate surface area is 79.3 Å². The number of fused-ring (bicyclic) bond motifs is 1. The summed E-state index contributed by atoms with van der Waals surface area (Å²) in [6.07, 6.45) is 3.19. The molecule has 3 nitrogen and oxygen atoms in total. The Kier molecular flexibility index (Phi) is 2.36. The van der Waals surface area contributed by atoms with Crippen molar-refractivity contribution in [1.82, 2.24) is 14.7 Å². The quantitative estimate of drug-likeness (QED) is 0.682. The molecular formula is C10H17N3. The highest BCUT2D eigenvalue weighted by molar-refractivity contribution is 5.20. The molecule has 0 N–H and O–H groups in total. The highest BCUT2D eigenvalue weighted by Crippen LogP contribution is 2.17. The third-order valence-corrected chi connectivity index (χ3v) is 2.84. The molecule has 0 radical (unpaired) electrons. The second-order valence-corrected chi connectivity index (χ2v) is 3.55. The van der Waals surface area contributed by atoms with Gasteiger partial charge in [-0.1, -0.05) is 6.92 Å². The maximum Gasteiger partial charge on any atom is 0.0537 e. The number of nitrogens with zero attached hydrogens (tertiary/aromatic N) is 3. The first-order chi connectivity index (χ1) is 6.35. The minimum absolute atomic E-state index is 1.00. The summed E-state index contributed by atoms with van der Waals surface area (Å²) in [6.45, 7) is 8.80. The summed E-state index contributed by atoms with van der Waals surface area (Å²) in [4.78, 5) is 2.46. The largest absolute Gasteiger partial charge is 0.299 e. The van der Waals surface area contributed by atoms with Crippen LogP contribution in [0.25, 0.3) is 0 Å². The van der Waals surface area contributed by atoms with Crippen LogP contribution in [0.4, 0.5) is 0 Å². The lowest BCUT2D eigenvalue weighted by atomic mass is 10.1. The van der Waals surface area contributed by atoms with Gasteiger partial charge in [-0.15, -0.1) is 0 Å². The highest BCUT2D eigenvalue weighted by atomic mass is 15.3. The molecule has 1 aromatic heterocycles. The van der Waals surface area contributed by atoms with Crippen molar-refractivity contribution < 1.29 is 0 Å². The fourth-order valence-electron chi connectivity index (χ4n) is 2.00. The van der Waals surface area contributed by atoms with Crippen LogP contribution in [0.15, 0.2) is 6.20 Å². The zero-order valence-electron chi connectivity index (χ0n) is 8.45. The predicted molar refractivity (Wildman–Crippen MR) is 52.6 cm³/mol. The van der Waals surface area contributed by atoms with Crippen molar-refractivity contribution in [2.45, 2.75) is 33.4 Å². The van der Waals surface area contributed by atoms with E-state index in [-0.39, 0.29) is 0 Å². The van der Waals surface area contributed by atoms with Crippen LogP contribution in [0.1, 0.15) is 25.1 Å². The molecule has 3 heteroatoms. The van der Waals surface area contributed by atoms with E-state index in [2.05, 4.69) is 28.5 Å². The molecule has 0 spiro atoms. The van der Waals surface area contributed by atoms with Gasteiger partial charge in [0.15, 0.2) is 0 Å². The standard InChI is InChI=1S/C10H17N3/c1-3-12-6-5-10-9(8-12)7-11-13(10)4-2/h7H,3-6,8H2,1-2H3. The van der Waals surface area contributed by atoms with Gasteiger partial charge >= 0.3 is 0 Å². The van der Waals surface area contributed by atoms with Crippen LogP contribution in [0.3, 0.4) is 0 Å². The second-order valence-electron chi connectivity index (χ2n) is 3.55. The average molecular weight is 179 g/mol. The number of aromatic nitrogens is 2. The smallest absolute Gasteiger partial charge is 0.0537 e. The summed E-state index contributed by atoms with van der Waals surface area (Å²) < 4.78 is 2.13. The van der Waals surface area contributed by atoms with Gasteiger partial charge in [-0.05, 0) is 13.5 Å². The van der Waals surface area contributed by atoms with Crippen LogP contribution >= 0.6 is 0 Å². The molecule has 1 aliphatic rings. The minimum atomic E-state index is 1.00. The first-order valence-electron chi connectivity index (χ1n) is 5.11. The van der Waals surface area contributed by atoms with Crippen molar-refractivity contribution in [3.05, 3.63) is 17.5 Å². The Balaban J connectivity index is 2.22. The maximum atomic E-state index is 4.38. The normalized spacial score (nSPS) is 17.4. The molecule has 0 unspecified atom stereocenters. The van der Waals surface area contributed by atoms with Gasteiger partial charge in [0, 0.05) is 37.3 Å². The molecule has 0 bridgehead atoms. The molecule has 1 aliphatic heterocycles.